The summed E-state index contributed by atoms with van der Waals surface area (Å²) in [7, 11) is 1.22. The number of hydroxylamine groups is 1. The van der Waals surface area contributed by atoms with Gasteiger partial charge in [0.15, 0.2) is 0 Å². The molecule has 0 amide bonds. The number of ether oxygens (including phenoxy) is 1. The zero-order chi connectivity index (χ0) is 13.8. The molecule has 5 heteroatoms. The van der Waals surface area contributed by atoms with Gasteiger partial charge in [-0.2, -0.15) is 5.48 Å². The predicted molar refractivity (Wildman–Crippen MR) is 67.5 cm³/mol. The fraction of sp³-hybridized carbons (Fsp3) is 0.462. The van der Waals surface area contributed by atoms with E-state index in [4.69, 9.17) is 4.84 Å². The lowest BCUT2D eigenvalue weighted by Gasteiger charge is -2.19. The molecule has 0 atom stereocenters. The molecular formula is C13H20FNO3. The van der Waals surface area contributed by atoms with Crippen LogP contribution < -0.4 is 5.48 Å². The molecule has 0 unspecified atom stereocenters. The Morgan fingerprint density at radius 2 is 2.11 bits per heavy atom. The number of benzene rings is 1. The van der Waals surface area contributed by atoms with E-state index < -0.39 is 11.8 Å². The highest BCUT2D eigenvalue weighted by molar-refractivity contribution is 5.89. The number of carbonyl (C=O) groups is 1. The van der Waals surface area contributed by atoms with Gasteiger partial charge in [-0.1, -0.05) is 6.07 Å². The number of nitrogens with one attached hydrogen (secondary N) is 1. The Morgan fingerprint density at radius 3 is 2.67 bits per heavy atom. The normalized spacial score (nSPS) is 11.4. The van der Waals surface area contributed by atoms with Crippen LogP contribution in [0.2, 0.25) is 0 Å². The number of halogens is 1. The lowest BCUT2D eigenvalue weighted by atomic mass is 10.1. The average molecular weight is 257 g/mol. The first kappa shape index (κ1) is 14.6. The van der Waals surface area contributed by atoms with E-state index in [9.17, 15) is 9.18 Å². The van der Waals surface area contributed by atoms with Crippen LogP contribution >= 0.6 is 0 Å². The van der Waals surface area contributed by atoms with Crippen molar-refractivity contribution in [2.45, 2.75) is 32.9 Å². The van der Waals surface area contributed by atoms with Crippen molar-refractivity contribution in [3.05, 3.63) is 35.1 Å². The molecule has 1 rings (SSSR count). The molecule has 4 nitrogen and oxygen atoms in total. The van der Waals surface area contributed by atoms with E-state index in [0.29, 0.717) is 6.54 Å². The first-order valence-electron chi connectivity index (χ1n) is 5.61. The van der Waals surface area contributed by atoms with Crippen LogP contribution in [0.3, 0.4) is 0 Å². The van der Waals surface area contributed by atoms with Gasteiger partial charge in [-0.15, -0.1) is 0 Å². The molecule has 0 spiro atoms. The number of rotatable bonds is 4. The van der Waals surface area contributed by atoms with Gasteiger partial charge in [-0.25, -0.2) is 9.18 Å². The third-order valence-corrected chi connectivity index (χ3v) is 2.09. The molecule has 0 fully saturated rings. The summed E-state index contributed by atoms with van der Waals surface area (Å²) in [5, 5.41) is 0. The van der Waals surface area contributed by atoms with Crippen LogP contribution in [-0.4, -0.2) is 18.7 Å². The SMILES string of the molecule is COC(=O)c1cc(CNOC(C)(C)C)ccc1F.[HH]. The minimum absolute atomic E-state index is 0. The molecule has 0 bridgehead atoms. The van der Waals surface area contributed by atoms with Gasteiger partial charge in [0, 0.05) is 7.97 Å². The Labute approximate surface area is 108 Å². The van der Waals surface area contributed by atoms with Crippen LogP contribution in [0.15, 0.2) is 18.2 Å². The van der Waals surface area contributed by atoms with Gasteiger partial charge in [0.1, 0.15) is 5.82 Å². The van der Waals surface area contributed by atoms with E-state index in [-0.39, 0.29) is 12.6 Å². The maximum Gasteiger partial charge on any atom is 0.340 e. The van der Waals surface area contributed by atoms with Gasteiger partial charge in [0.05, 0.1) is 18.3 Å². The molecule has 0 aromatic heterocycles. The van der Waals surface area contributed by atoms with Crippen LogP contribution in [0, 0.1) is 5.82 Å². The standard InChI is InChI=1S/C13H18FNO3.H2/c1-13(2,3)18-15-8-9-5-6-11(14)10(7-9)12(16)17-4;/h5-7,15H,8H2,1-4H3;1H. The Bertz CT molecular complexity index is 432. The van der Waals surface area contributed by atoms with E-state index in [2.05, 4.69) is 10.2 Å². The summed E-state index contributed by atoms with van der Waals surface area (Å²) >= 11 is 0. The van der Waals surface area contributed by atoms with Crippen molar-refractivity contribution < 1.29 is 20.2 Å². The van der Waals surface area contributed by atoms with E-state index in [1.54, 1.807) is 6.07 Å². The van der Waals surface area contributed by atoms with Crippen molar-refractivity contribution in [1.82, 2.24) is 5.48 Å². The summed E-state index contributed by atoms with van der Waals surface area (Å²) < 4.78 is 17.9. The quantitative estimate of drug-likeness (QED) is 0.665. The molecule has 0 aliphatic rings. The summed E-state index contributed by atoms with van der Waals surface area (Å²) in [5.41, 5.74) is 3.12. The zero-order valence-corrected chi connectivity index (χ0v) is 11.0. The summed E-state index contributed by atoms with van der Waals surface area (Å²) in [6.45, 7) is 6.10. The molecule has 1 aromatic carbocycles. The Hall–Kier alpha value is -1.46. The first-order chi connectivity index (χ1) is 8.33. The second kappa shape index (κ2) is 5.93. The molecule has 0 aliphatic carbocycles. The van der Waals surface area contributed by atoms with Crippen LogP contribution in [0.5, 0.6) is 0 Å². The van der Waals surface area contributed by atoms with E-state index >= 15 is 0 Å². The predicted octanol–water partition coefficient (Wildman–Crippen LogP) is 2.68. The van der Waals surface area contributed by atoms with Gasteiger partial charge in [0.25, 0.3) is 0 Å². The maximum absolute atomic E-state index is 13.4. The molecular weight excluding hydrogens is 237 g/mol. The fourth-order valence-electron chi connectivity index (χ4n) is 1.28. The Kier molecular flexibility index (Phi) is 4.81. The molecule has 102 valence electrons. The first-order valence-corrected chi connectivity index (χ1v) is 5.61. The van der Waals surface area contributed by atoms with Crippen molar-refractivity contribution in [2.75, 3.05) is 7.11 Å². The minimum atomic E-state index is -0.689. The number of hydrogen-bond acceptors (Lipinski definition) is 4. The van der Waals surface area contributed by atoms with Gasteiger partial charge >= 0.3 is 5.97 Å². The number of methoxy groups -OCH3 is 1. The van der Waals surface area contributed by atoms with Crippen molar-refractivity contribution >= 4 is 5.97 Å². The maximum atomic E-state index is 13.4. The summed E-state index contributed by atoms with van der Waals surface area (Å²) in [6.07, 6.45) is 0. The molecule has 0 heterocycles. The highest BCUT2D eigenvalue weighted by Crippen LogP contribution is 2.12. The van der Waals surface area contributed by atoms with E-state index in [1.165, 1.54) is 19.2 Å². The van der Waals surface area contributed by atoms with Crippen molar-refractivity contribution in [1.29, 1.82) is 0 Å². The van der Waals surface area contributed by atoms with Gasteiger partial charge in [0.2, 0.25) is 0 Å². The van der Waals surface area contributed by atoms with Crippen molar-refractivity contribution in [3.63, 3.8) is 0 Å². The number of hydrogen-bond donors (Lipinski definition) is 1. The van der Waals surface area contributed by atoms with Gasteiger partial charge < -0.3 is 4.74 Å². The Balaban J connectivity index is 0.00000324. The highest BCUT2D eigenvalue weighted by Gasteiger charge is 2.13. The monoisotopic (exact) mass is 257 g/mol. The van der Waals surface area contributed by atoms with Crippen LogP contribution in [-0.2, 0) is 16.1 Å². The van der Waals surface area contributed by atoms with Crippen LogP contribution in [0.4, 0.5) is 4.39 Å². The second-order valence-electron chi connectivity index (χ2n) is 4.84. The van der Waals surface area contributed by atoms with Gasteiger partial charge in [-0.3, -0.25) is 4.84 Å². The third kappa shape index (κ3) is 4.43. The minimum Gasteiger partial charge on any atom is -0.465 e. The largest absolute Gasteiger partial charge is 0.465 e. The molecule has 0 radical (unpaired) electrons. The zero-order valence-electron chi connectivity index (χ0n) is 11.0. The molecule has 0 saturated carbocycles. The summed E-state index contributed by atoms with van der Waals surface area (Å²) in [5.74, 6) is -1.28. The molecule has 1 N–H and O–H groups in total. The topological polar surface area (TPSA) is 47.6 Å². The number of carbonyl (C=O) groups excluding carboxylic acids is 1. The molecule has 0 aliphatic heterocycles. The summed E-state index contributed by atoms with van der Waals surface area (Å²) in [4.78, 5) is 16.6. The number of esters is 1. The smallest absolute Gasteiger partial charge is 0.340 e. The summed E-state index contributed by atoms with van der Waals surface area (Å²) in [6, 6.07) is 4.27. The molecule has 0 saturated heterocycles. The molecule has 18 heavy (non-hydrogen) atoms. The molecule has 1 aromatic rings. The van der Waals surface area contributed by atoms with E-state index in [1.807, 2.05) is 20.8 Å². The van der Waals surface area contributed by atoms with E-state index in [0.717, 1.165) is 5.56 Å². The fourth-order valence-corrected chi connectivity index (χ4v) is 1.28. The highest BCUT2D eigenvalue weighted by atomic mass is 19.1. The van der Waals surface area contributed by atoms with Crippen molar-refractivity contribution in [2.24, 2.45) is 0 Å². The third-order valence-electron chi connectivity index (χ3n) is 2.09. The average Bonchev–Trinajstić information content (AvgIpc) is 2.28. The Morgan fingerprint density at radius 1 is 1.44 bits per heavy atom. The lowest BCUT2D eigenvalue weighted by Crippen LogP contribution is -2.28. The second-order valence-corrected chi connectivity index (χ2v) is 4.84. The van der Waals surface area contributed by atoms with Crippen LogP contribution in [0.1, 0.15) is 38.1 Å². The lowest BCUT2D eigenvalue weighted by molar-refractivity contribution is -0.0757. The van der Waals surface area contributed by atoms with Crippen molar-refractivity contribution in [3.8, 4) is 0 Å². The van der Waals surface area contributed by atoms with Crippen LogP contribution in [0.25, 0.3) is 0 Å². The van der Waals surface area contributed by atoms with Gasteiger partial charge in [-0.05, 0) is 38.5 Å².